The quantitative estimate of drug-likeness (QED) is 0.803. The van der Waals surface area contributed by atoms with Crippen LogP contribution in [-0.2, 0) is 4.74 Å². The smallest absolute Gasteiger partial charge is 0.410 e. The lowest BCUT2D eigenvalue weighted by molar-refractivity contribution is 0.0237. The van der Waals surface area contributed by atoms with E-state index in [1.165, 1.54) is 5.57 Å². The maximum Gasteiger partial charge on any atom is 0.410 e. The summed E-state index contributed by atoms with van der Waals surface area (Å²) in [4.78, 5) is 13.8. The maximum absolute atomic E-state index is 12.1. The van der Waals surface area contributed by atoms with Crippen LogP contribution in [0.3, 0.4) is 0 Å². The SMILES string of the molecule is CC(C)(C)OC(=O)N1CCC(=Cc2ccc3nonc3c2)CC1. The maximum atomic E-state index is 12.1. The predicted octanol–water partition coefficient (Wildman–Crippen LogP) is 3.64. The fourth-order valence-electron chi connectivity index (χ4n) is 2.57. The normalized spacial score (nSPS) is 15.8. The van der Waals surface area contributed by atoms with Gasteiger partial charge in [0, 0.05) is 13.1 Å². The molecule has 0 unspecified atom stereocenters. The first-order valence-electron chi connectivity index (χ1n) is 7.80. The number of carbonyl (C=O) groups is 1. The third-order valence-electron chi connectivity index (χ3n) is 3.71. The molecule has 1 saturated heterocycles. The van der Waals surface area contributed by atoms with Crippen molar-refractivity contribution in [3.63, 3.8) is 0 Å². The molecule has 23 heavy (non-hydrogen) atoms. The molecular weight excluding hydrogens is 294 g/mol. The van der Waals surface area contributed by atoms with E-state index in [9.17, 15) is 4.79 Å². The molecule has 0 atom stereocenters. The number of aromatic nitrogens is 2. The van der Waals surface area contributed by atoms with Gasteiger partial charge < -0.3 is 9.64 Å². The number of nitrogens with zero attached hydrogens (tertiary/aromatic N) is 3. The highest BCUT2D eigenvalue weighted by Crippen LogP contribution is 2.22. The summed E-state index contributed by atoms with van der Waals surface area (Å²) in [5.74, 6) is 0. The molecule has 0 N–H and O–H groups in total. The van der Waals surface area contributed by atoms with Gasteiger partial charge in [-0.1, -0.05) is 17.7 Å². The van der Waals surface area contributed by atoms with Crippen molar-refractivity contribution in [1.82, 2.24) is 15.2 Å². The third kappa shape index (κ3) is 3.88. The molecule has 0 spiro atoms. The molecule has 0 bridgehead atoms. The van der Waals surface area contributed by atoms with Crippen molar-refractivity contribution < 1.29 is 14.2 Å². The minimum absolute atomic E-state index is 0.230. The Balaban J connectivity index is 1.63. The van der Waals surface area contributed by atoms with Crippen molar-refractivity contribution in [1.29, 1.82) is 0 Å². The van der Waals surface area contributed by atoms with Crippen LogP contribution in [0.15, 0.2) is 28.4 Å². The Kier molecular flexibility index (Phi) is 4.07. The van der Waals surface area contributed by atoms with E-state index in [1.54, 1.807) is 4.90 Å². The molecule has 1 aliphatic heterocycles. The molecule has 6 nitrogen and oxygen atoms in total. The molecule has 3 rings (SSSR count). The number of likely N-dealkylation sites (tertiary alicyclic amines) is 1. The molecule has 0 radical (unpaired) electrons. The lowest BCUT2D eigenvalue weighted by atomic mass is 10.0. The van der Waals surface area contributed by atoms with Gasteiger partial charge in [0.15, 0.2) is 0 Å². The summed E-state index contributed by atoms with van der Waals surface area (Å²) in [6, 6.07) is 5.85. The van der Waals surface area contributed by atoms with Gasteiger partial charge in [0.2, 0.25) is 0 Å². The highest BCUT2D eigenvalue weighted by molar-refractivity contribution is 5.76. The molecule has 2 heterocycles. The van der Waals surface area contributed by atoms with Crippen molar-refractivity contribution >= 4 is 23.2 Å². The number of hydrogen-bond acceptors (Lipinski definition) is 5. The van der Waals surface area contributed by atoms with Gasteiger partial charge in [-0.25, -0.2) is 9.42 Å². The topological polar surface area (TPSA) is 68.5 Å². The van der Waals surface area contributed by atoms with Crippen LogP contribution in [0.4, 0.5) is 4.79 Å². The zero-order valence-corrected chi connectivity index (χ0v) is 13.7. The van der Waals surface area contributed by atoms with Gasteiger partial charge in [0.25, 0.3) is 0 Å². The summed E-state index contributed by atoms with van der Waals surface area (Å²) in [6.45, 7) is 7.03. The second-order valence-electron chi connectivity index (χ2n) is 6.78. The molecule has 6 heteroatoms. The summed E-state index contributed by atoms with van der Waals surface area (Å²) in [7, 11) is 0. The molecule has 2 aromatic rings. The number of fused-ring (bicyclic) bond motifs is 1. The van der Waals surface area contributed by atoms with E-state index in [0.29, 0.717) is 13.1 Å². The molecule has 122 valence electrons. The minimum atomic E-state index is -0.450. The van der Waals surface area contributed by atoms with E-state index in [0.717, 1.165) is 29.4 Å². The van der Waals surface area contributed by atoms with Gasteiger partial charge in [-0.3, -0.25) is 0 Å². The second-order valence-corrected chi connectivity index (χ2v) is 6.78. The summed E-state index contributed by atoms with van der Waals surface area (Å²) in [5, 5.41) is 7.66. The van der Waals surface area contributed by atoms with Gasteiger partial charge in [0.05, 0.1) is 0 Å². The molecule has 1 fully saturated rings. The van der Waals surface area contributed by atoms with Crippen molar-refractivity contribution in [3.8, 4) is 0 Å². The number of carbonyl (C=O) groups excluding carboxylic acids is 1. The molecule has 0 saturated carbocycles. The average Bonchev–Trinajstić information content (AvgIpc) is 2.94. The Morgan fingerprint density at radius 1 is 1.22 bits per heavy atom. The van der Waals surface area contributed by atoms with Gasteiger partial charge in [-0.15, -0.1) is 0 Å². The van der Waals surface area contributed by atoms with Gasteiger partial charge in [-0.05, 0) is 61.6 Å². The molecule has 1 amide bonds. The van der Waals surface area contributed by atoms with Crippen LogP contribution in [0.5, 0.6) is 0 Å². The molecule has 1 aromatic carbocycles. The van der Waals surface area contributed by atoms with Crippen LogP contribution < -0.4 is 0 Å². The summed E-state index contributed by atoms with van der Waals surface area (Å²) in [5.41, 5.74) is 3.46. The minimum Gasteiger partial charge on any atom is -0.444 e. The van der Waals surface area contributed by atoms with Crippen molar-refractivity contribution in [2.24, 2.45) is 0 Å². The van der Waals surface area contributed by atoms with Crippen LogP contribution in [0.1, 0.15) is 39.2 Å². The Morgan fingerprint density at radius 2 is 1.91 bits per heavy atom. The summed E-state index contributed by atoms with van der Waals surface area (Å²) >= 11 is 0. The number of ether oxygens (including phenoxy) is 1. The first-order chi connectivity index (χ1) is 10.9. The van der Waals surface area contributed by atoms with E-state index < -0.39 is 5.60 Å². The molecule has 0 aliphatic carbocycles. The van der Waals surface area contributed by atoms with Crippen LogP contribution in [0.25, 0.3) is 17.1 Å². The van der Waals surface area contributed by atoms with Crippen LogP contribution in [0, 0.1) is 0 Å². The zero-order chi connectivity index (χ0) is 16.4. The van der Waals surface area contributed by atoms with E-state index in [1.807, 2.05) is 39.0 Å². The van der Waals surface area contributed by atoms with Crippen LogP contribution in [-0.4, -0.2) is 40.0 Å². The Labute approximate surface area is 135 Å². The predicted molar refractivity (Wildman–Crippen MR) is 86.8 cm³/mol. The highest BCUT2D eigenvalue weighted by Gasteiger charge is 2.24. The first-order valence-corrected chi connectivity index (χ1v) is 7.80. The lowest BCUT2D eigenvalue weighted by Crippen LogP contribution is -2.40. The van der Waals surface area contributed by atoms with Gasteiger partial charge in [-0.2, -0.15) is 0 Å². The average molecular weight is 315 g/mol. The van der Waals surface area contributed by atoms with Crippen molar-refractivity contribution in [2.75, 3.05) is 13.1 Å². The number of piperidine rings is 1. The monoisotopic (exact) mass is 315 g/mol. The number of benzene rings is 1. The fourth-order valence-corrected chi connectivity index (χ4v) is 2.57. The number of hydrogen-bond donors (Lipinski definition) is 0. The van der Waals surface area contributed by atoms with E-state index >= 15 is 0 Å². The van der Waals surface area contributed by atoms with Gasteiger partial charge in [0.1, 0.15) is 16.6 Å². The largest absolute Gasteiger partial charge is 0.444 e. The lowest BCUT2D eigenvalue weighted by Gasteiger charge is -2.31. The first kappa shape index (κ1) is 15.5. The molecule has 1 aromatic heterocycles. The molecular formula is C17H21N3O3. The fraction of sp³-hybridized carbons (Fsp3) is 0.471. The van der Waals surface area contributed by atoms with Crippen molar-refractivity contribution in [3.05, 3.63) is 29.3 Å². The van der Waals surface area contributed by atoms with E-state index in [-0.39, 0.29) is 6.09 Å². The van der Waals surface area contributed by atoms with Crippen LogP contribution in [0.2, 0.25) is 0 Å². The standard InChI is InChI=1S/C17H21N3O3/c1-17(2,3)22-16(21)20-8-6-12(7-9-20)10-13-4-5-14-15(11-13)19-23-18-14/h4-5,10-11H,6-9H2,1-3H3. The second kappa shape index (κ2) is 6.02. The Bertz CT molecular complexity index is 733. The summed E-state index contributed by atoms with van der Waals surface area (Å²) < 4.78 is 10.1. The zero-order valence-electron chi connectivity index (χ0n) is 13.7. The molecule has 1 aliphatic rings. The highest BCUT2D eigenvalue weighted by atomic mass is 16.6. The Hall–Kier alpha value is -2.37. The van der Waals surface area contributed by atoms with E-state index in [2.05, 4.69) is 16.4 Å². The van der Waals surface area contributed by atoms with Crippen molar-refractivity contribution in [2.45, 2.75) is 39.2 Å². The van der Waals surface area contributed by atoms with E-state index in [4.69, 9.17) is 9.37 Å². The Morgan fingerprint density at radius 3 is 2.61 bits per heavy atom. The van der Waals surface area contributed by atoms with Gasteiger partial charge >= 0.3 is 6.09 Å². The third-order valence-corrected chi connectivity index (χ3v) is 3.71. The number of rotatable bonds is 1. The number of amides is 1. The summed E-state index contributed by atoms with van der Waals surface area (Å²) in [6.07, 6.45) is 3.63. The van der Waals surface area contributed by atoms with Crippen LogP contribution >= 0.6 is 0 Å².